The van der Waals surface area contributed by atoms with Gasteiger partial charge in [-0.1, -0.05) is 35.0 Å². The van der Waals surface area contributed by atoms with Gasteiger partial charge in [-0.25, -0.2) is 4.79 Å². The maximum Gasteiger partial charge on any atom is 0.322 e. The van der Waals surface area contributed by atoms with Crippen LogP contribution in [0.4, 0.5) is 4.79 Å². The average molecular weight is 473 g/mol. The first-order valence-corrected chi connectivity index (χ1v) is 11.0. The van der Waals surface area contributed by atoms with Crippen molar-refractivity contribution >= 4 is 11.6 Å². The number of amides is 2. The predicted molar refractivity (Wildman–Crippen MR) is 127 cm³/mol. The number of allylic oxidation sites excluding steroid dienone is 1. The molecule has 0 radical (unpaired) electrons. The SMILES string of the molecule is COc1ccc(C2NC(=O)N(Cc3ccco3)C(C)=C2c2nc(-c3cccc(C)c3)no2)cc1O. The second-order valence-electron chi connectivity index (χ2n) is 8.27. The van der Waals surface area contributed by atoms with Crippen molar-refractivity contribution in [2.75, 3.05) is 7.11 Å². The van der Waals surface area contributed by atoms with Crippen molar-refractivity contribution in [1.29, 1.82) is 0 Å². The Bertz CT molecular complexity index is 1410. The molecule has 2 amide bonds. The number of methoxy groups -OCH3 is 1. The number of carbonyl (C=O) groups excluding carboxylic acids is 1. The van der Waals surface area contributed by atoms with Gasteiger partial charge in [0.05, 0.1) is 31.5 Å². The quantitative estimate of drug-likeness (QED) is 0.404. The highest BCUT2D eigenvalue weighted by Crippen LogP contribution is 2.40. The number of nitrogens with zero attached hydrogens (tertiary/aromatic N) is 3. The summed E-state index contributed by atoms with van der Waals surface area (Å²) in [6.07, 6.45) is 1.56. The first kappa shape index (κ1) is 22.3. The highest BCUT2D eigenvalue weighted by Gasteiger charge is 2.36. The zero-order valence-electron chi connectivity index (χ0n) is 19.5. The molecule has 2 N–H and O–H groups in total. The van der Waals surface area contributed by atoms with Gasteiger partial charge in [0, 0.05) is 11.3 Å². The fourth-order valence-electron chi connectivity index (χ4n) is 4.18. The third-order valence-electron chi connectivity index (χ3n) is 5.96. The van der Waals surface area contributed by atoms with Crippen LogP contribution in [0.5, 0.6) is 11.5 Å². The number of nitrogens with one attached hydrogen (secondary N) is 1. The van der Waals surface area contributed by atoms with Crippen LogP contribution in [0.1, 0.15) is 35.7 Å². The second kappa shape index (κ2) is 9.02. The summed E-state index contributed by atoms with van der Waals surface area (Å²) in [6, 6.07) is 15.4. The third-order valence-corrected chi connectivity index (χ3v) is 5.96. The number of aryl methyl sites for hydroxylation is 1. The Morgan fingerprint density at radius 2 is 2.00 bits per heavy atom. The first-order chi connectivity index (χ1) is 16.9. The van der Waals surface area contributed by atoms with Crippen LogP contribution in [0.15, 0.2) is 75.5 Å². The molecule has 9 heteroatoms. The minimum atomic E-state index is -0.641. The lowest BCUT2D eigenvalue weighted by atomic mass is 9.94. The number of carbonyl (C=O) groups is 1. The van der Waals surface area contributed by atoms with Crippen molar-refractivity contribution < 1.29 is 23.6 Å². The summed E-state index contributed by atoms with van der Waals surface area (Å²) >= 11 is 0. The van der Waals surface area contributed by atoms with Gasteiger partial charge in [-0.15, -0.1) is 0 Å². The van der Waals surface area contributed by atoms with E-state index in [0.717, 1.165) is 11.1 Å². The van der Waals surface area contributed by atoms with E-state index < -0.39 is 6.04 Å². The minimum absolute atomic E-state index is 0.0414. The topological polar surface area (TPSA) is 114 Å². The molecular formula is C26H24N4O5. The number of benzene rings is 2. The van der Waals surface area contributed by atoms with E-state index in [0.29, 0.717) is 34.2 Å². The van der Waals surface area contributed by atoms with Crippen LogP contribution < -0.4 is 10.1 Å². The largest absolute Gasteiger partial charge is 0.504 e. The van der Waals surface area contributed by atoms with Crippen molar-refractivity contribution in [1.82, 2.24) is 20.4 Å². The number of aromatic hydroxyl groups is 1. The monoisotopic (exact) mass is 472 g/mol. The summed E-state index contributed by atoms with van der Waals surface area (Å²) in [5.74, 6) is 1.63. The summed E-state index contributed by atoms with van der Waals surface area (Å²) in [7, 11) is 1.48. The molecule has 9 nitrogen and oxygen atoms in total. The molecule has 2 aromatic carbocycles. The Kier molecular flexibility index (Phi) is 5.74. The van der Waals surface area contributed by atoms with Gasteiger partial charge < -0.3 is 24.1 Å². The molecule has 178 valence electrons. The molecule has 1 aliphatic rings. The molecule has 0 saturated heterocycles. The molecule has 2 aromatic heterocycles. The maximum absolute atomic E-state index is 13.1. The number of rotatable bonds is 6. The summed E-state index contributed by atoms with van der Waals surface area (Å²) in [4.78, 5) is 19.4. The number of urea groups is 1. The van der Waals surface area contributed by atoms with Gasteiger partial charge in [0.25, 0.3) is 5.89 Å². The van der Waals surface area contributed by atoms with E-state index in [9.17, 15) is 9.90 Å². The zero-order valence-corrected chi connectivity index (χ0v) is 19.5. The van der Waals surface area contributed by atoms with E-state index in [1.165, 1.54) is 7.11 Å². The molecule has 0 spiro atoms. The third kappa shape index (κ3) is 4.23. The molecule has 5 rings (SSSR count). The van der Waals surface area contributed by atoms with E-state index in [2.05, 4.69) is 15.5 Å². The predicted octanol–water partition coefficient (Wildman–Crippen LogP) is 5.05. The molecule has 0 saturated carbocycles. The molecule has 1 aliphatic heterocycles. The lowest BCUT2D eigenvalue weighted by molar-refractivity contribution is 0.199. The smallest absolute Gasteiger partial charge is 0.322 e. The lowest BCUT2D eigenvalue weighted by Gasteiger charge is -2.34. The van der Waals surface area contributed by atoms with Crippen molar-refractivity contribution in [3.63, 3.8) is 0 Å². The molecule has 1 unspecified atom stereocenters. The van der Waals surface area contributed by atoms with Crippen molar-refractivity contribution in [2.45, 2.75) is 26.4 Å². The highest BCUT2D eigenvalue weighted by molar-refractivity contribution is 5.87. The highest BCUT2D eigenvalue weighted by atomic mass is 16.5. The van der Waals surface area contributed by atoms with E-state index in [1.807, 2.05) is 38.1 Å². The molecule has 0 aliphatic carbocycles. The number of hydrogen-bond acceptors (Lipinski definition) is 7. The van der Waals surface area contributed by atoms with Gasteiger partial charge in [-0.05, 0) is 49.7 Å². The molecule has 0 bridgehead atoms. The molecule has 3 heterocycles. The van der Waals surface area contributed by atoms with Crippen molar-refractivity contribution in [3.8, 4) is 22.9 Å². The van der Waals surface area contributed by atoms with Gasteiger partial charge in [0.1, 0.15) is 5.76 Å². The maximum atomic E-state index is 13.1. The van der Waals surface area contributed by atoms with Gasteiger partial charge in [-0.3, -0.25) is 4.90 Å². The number of phenolic OH excluding ortho intramolecular Hbond substituents is 1. The second-order valence-corrected chi connectivity index (χ2v) is 8.27. The van der Waals surface area contributed by atoms with Crippen LogP contribution in [-0.2, 0) is 6.54 Å². The summed E-state index contributed by atoms with van der Waals surface area (Å²) in [6.45, 7) is 4.05. The Morgan fingerprint density at radius 3 is 2.71 bits per heavy atom. The van der Waals surface area contributed by atoms with E-state index in [1.54, 1.807) is 41.5 Å². The Balaban J connectivity index is 1.61. The van der Waals surface area contributed by atoms with Crippen LogP contribution in [0.2, 0.25) is 0 Å². The van der Waals surface area contributed by atoms with Gasteiger partial charge >= 0.3 is 6.03 Å². The average Bonchev–Trinajstić information content (AvgIpc) is 3.54. The van der Waals surface area contributed by atoms with Gasteiger partial charge in [-0.2, -0.15) is 4.98 Å². The van der Waals surface area contributed by atoms with E-state index in [4.69, 9.17) is 13.7 Å². The van der Waals surface area contributed by atoms with Crippen molar-refractivity contribution in [3.05, 3.63) is 89.3 Å². The number of phenols is 1. The van der Waals surface area contributed by atoms with Crippen LogP contribution in [0, 0.1) is 6.92 Å². The normalized spacial score (nSPS) is 15.9. The Morgan fingerprint density at radius 1 is 1.14 bits per heavy atom. The fourth-order valence-corrected chi connectivity index (χ4v) is 4.18. The molecule has 0 fully saturated rings. The fraction of sp³-hybridized carbons (Fsp3) is 0.192. The summed E-state index contributed by atoms with van der Waals surface area (Å²) < 4.78 is 16.3. The minimum Gasteiger partial charge on any atom is -0.504 e. The molecule has 4 aromatic rings. The standard InChI is InChI=1S/C26H24N4O5/c1-15-6-4-7-18(12-15)24-28-25(35-29-24)22-16(2)30(14-19-8-5-11-34-19)26(32)27-23(22)17-9-10-21(33-3)20(31)13-17/h4-13,23,31H,14H2,1-3H3,(H,27,32). The van der Waals surface area contributed by atoms with Crippen molar-refractivity contribution in [2.24, 2.45) is 0 Å². The van der Waals surface area contributed by atoms with E-state index in [-0.39, 0.29) is 24.2 Å². The van der Waals surface area contributed by atoms with Gasteiger partial charge in [0.15, 0.2) is 11.5 Å². The van der Waals surface area contributed by atoms with Gasteiger partial charge in [0.2, 0.25) is 5.82 Å². The Labute approximate surface area is 201 Å². The van der Waals surface area contributed by atoms with E-state index >= 15 is 0 Å². The number of ether oxygens (including phenoxy) is 1. The van der Waals surface area contributed by atoms with Crippen LogP contribution in [-0.4, -0.2) is 33.3 Å². The molecular weight excluding hydrogens is 448 g/mol. The van der Waals surface area contributed by atoms with Crippen LogP contribution >= 0.6 is 0 Å². The number of furan rings is 1. The molecule has 1 atom stereocenters. The lowest BCUT2D eigenvalue weighted by Crippen LogP contribution is -2.45. The number of hydrogen-bond donors (Lipinski definition) is 2. The Hall–Kier alpha value is -4.53. The molecule has 35 heavy (non-hydrogen) atoms. The summed E-state index contributed by atoms with van der Waals surface area (Å²) in [5.41, 5.74) is 3.78. The zero-order chi connectivity index (χ0) is 24.5. The summed E-state index contributed by atoms with van der Waals surface area (Å²) in [5, 5.41) is 17.6. The number of aromatic nitrogens is 2. The first-order valence-electron chi connectivity index (χ1n) is 11.0. The van der Waals surface area contributed by atoms with Crippen LogP contribution in [0.3, 0.4) is 0 Å². The van der Waals surface area contributed by atoms with Crippen LogP contribution in [0.25, 0.3) is 17.0 Å².